The summed E-state index contributed by atoms with van der Waals surface area (Å²) in [7, 11) is 0. The van der Waals surface area contributed by atoms with E-state index in [-0.39, 0.29) is 0 Å². The van der Waals surface area contributed by atoms with Gasteiger partial charge in [0.1, 0.15) is 0 Å². The van der Waals surface area contributed by atoms with E-state index in [4.69, 9.17) is 11.5 Å². The van der Waals surface area contributed by atoms with Crippen molar-refractivity contribution < 1.29 is 0 Å². The second kappa shape index (κ2) is 3.16. The van der Waals surface area contributed by atoms with Gasteiger partial charge in [-0.2, -0.15) is 0 Å². The molecule has 0 heterocycles. The average Bonchev–Trinajstić information content (AvgIpc) is 2.40. The lowest BCUT2D eigenvalue weighted by Gasteiger charge is -2.36. The molecular weight excluding hydrogens is 220 g/mol. The molecule has 2 heteroatoms. The highest BCUT2D eigenvalue weighted by Crippen LogP contribution is 2.47. The van der Waals surface area contributed by atoms with E-state index in [9.17, 15) is 0 Å². The summed E-state index contributed by atoms with van der Waals surface area (Å²) in [4.78, 5) is 0. The third kappa shape index (κ3) is 1.07. The summed E-state index contributed by atoms with van der Waals surface area (Å²) in [6.07, 6.45) is 15.8. The van der Waals surface area contributed by atoms with E-state index in [1.165, 1.54) is 27.9 Å². The Morgan fingerprint density at radius 2 is 1.89 bits per heavy atom. The number of hydrogen-bond acceptors (Lipinski definition) is 2. The third-order valence-electron chi connectivity index (χ3n) is 4.12. The highest BCUT2D eigenvalue weighted by molar-refractivity contribution is 5.69. The van der Waals surface area contributed by atoms with Gasteiger partial charge < -0.3 is 11.5 Å². The Labute approximate surface area is 106 Å². The van der Waals surface area contributed by atoms with Crippen LogP contribution >= 0.6 is 0 Å². The molecule has 4 aliphatic carbocycles. The van der Waals surface area contributed by atoms with Crippen LogP contribution in [0.25, 0.3) is 0 Å². The molecule has 88 valence electrons. The Bertz CT molecular complexity index is 676. The molecule has 4 N–H and O–H groups in total. The maximum absolute atomic E-state index is 6.12. The molecule has 4 aliphatic rings. The van der Waals surface area contributed by atoms with Gasteiger partial charge in [0.15, 0.2) is 0 Å². The predicted octanol–water partition coefficient (Wildman–Crippen LogP) is 2.36. The molecule has 0 aromatic heterocycles. The molecular formula is C16H14N2. The zero-order chi connectivity index (χ0) is 12.3. The van der Waals surface area contributed by atoms with Gasteiger partial charge in [0.2, 0.25) is 0 Å². The first-order chi connectivity index (χ1) is 8.75. The minimum atomic E-state index is 0.294. The molecule has 18 heavy (non-hydrogen) atoms. The largest absolute Gasteiger partial charge is 0.398 e. The van der Waals surface area contributed by atoms with Crippen molar-refractivity contribution in [1.29, 1.82) is 0 Å². The van der Waals surface area contributed by atoms with Crippen molar-refractivity contribution in [1.82, 2.24) is 0 Å². The van der Waals surface area contributed by atoms with Gasteiger partial charge in [-0.15, -0.1) is 0 Å². The van der Waals surface area contributed by atoms with Crippen molar-refractivity contribution >= 4 is 0 Å². The molecule has 0 saturated carbocycles. The van der Waals surface area contributed by atoms with Crippen LogP contribution in [0.15, 0.2) is 81.8 Å². The van der Waals surface area contributed by atoms with Gasteiger partial charge in [0, 0.05) is 22.9 Å². The summed E-state index contributed by atoms with van der Waals surface area (Å²) in [6, 6.07) is 0. The van der Waals surface area contributed by atoms with Crippen LogP contribution in [0.5, 0.6) is 0 Å². The first-order valence-corrected chi connectivity index (χ1v) is 6.23. The van der Waals surface area contributed by atoms with Gasteiger partial charge in [0.05, 0.1) is 0 Å². The Hall–Kier alpha value is -2.22. The first-order valence-electron chi connectivity index (χ1n) is 6.23. The fourth-order valence-corrected chi connectivity index (χ4v) is 3.21. The number of nitrogens with two attached hydrogens (primary N) is 2. The Balaban J connectivity index is 2.03. The fourth-order valence-electron chi connectivity index (χ4n) is 3.21. The van der Waals surface area contributed by atoms with E-state index < -0.39 is 0 Å². The van der Waals surface area contributed by atoms with E-state index in [0.717, 1.165) is 17.8 Å². The molecule has 2 nitrogen and oxygen atoms in total. The molecule has 4 rings (SSSR count). The van der Waals surface area contributed by atoms with Crippen LogP contribution in [0.2, 0.25) is 0 Å². The van der Waals surface area contributed by atoms with Gasteiger partial charge in [-0.05, 0) is 34.8 Å². The Morgan fingerprint density at radius 3 is 2.78 bits per heavy atom. The summed E-state index contributed by atoms with van der Waals surface area (Å²) in [5.74, 6) is 0.294. The van der Waals surface area contributed by atoms with Crippen molar-refractivity contribution in [2.75, 3.05) is 0 Å². The van der Waals surface area contributed by atoms with Crippen LogP contribution in [0.4, 0.5) is 0 Å². The maximum Gasteiger partial charge on any atom is 0.0369 e. The lowest BCUT2D eigenvalue weighted by atomic mass is 9.68. The van der Waals surface area contributed by atoms with Gasteiger partial charge in [0.25, 0.3) is 0 Å². The lowest BCUT2D eigenvalue weighted by molar-refractivity contribution is 0.814. The highest BCUT2D eigenvalue weighted by Gasteiger charge is 2.34. The van der Waals surface area contributed by atoms with E-state index >= 15 is 0 Å². The normalized spacial score (nSPS) is 27.8. The topological polar surface area (TPSA) is 52.0 Å². The molecule has 0 fully saturated rings. The molecule has 0 aromatic carbocycles. The van der Waals surface area contributed by atoms with Crippen molar-refractivity contribution in [2.24, 2.45) is 17.4 Å². The molecule has 0 saturated heterocycles. The van der Waals surface area contributed by atoms with E-state index in [2.05, 4.69) is 36.5 Å². The van der Waals surface area contributed by atoms with Gasteiger partial charge in [-0.1, -0.05) is 36.5 Å². The maximum atomic E-state index is 6.12. The van der Waals surface area contributed by atoms with Crippen LogP contribution in [-0.4, -0.2) is 0 Å². The van der Waals surface area contributed by atoms with Crippen molar-refractivity contribution in [3.05, 3.63) is 81.8 Å². The van der Waals surface area contributed by atoms with E-state index in [0.29, 0.717) is 5.92 Å². The quantitative estimate of drug-likeness (QED) is 0.676. The molecule has 0 amide bonds. The molecule has 0 spiro atoms. The van der Waals surface area contributed by atoms with Crippen molar-refractivity contribution in [3.8, 4) is 0 Å². The van der Waals surface area contributed by atoms with Crippen LogP contribution in [0, 0.1) is 5.92 Å². The third-order valence-corrected chi connectivity index (χ3v) is 4.12. The van der Waals surface area contributed by atoms with Crippen LogP contribution in [0.3, 0.4) is 0 Å². The smallest absolute Gasteiger partial charge is 0.0369 e. The van der Waals surface area contributed by atoms with Crippen LogP contribution < -0.4 is 11.5 Å². The highest BCUT2D eigenvalue weighted by atomic mass is 14.6. The average molecular weight is 234 g/mol. The lowest BCUT2D eigenvalue weighted by Crippen LogP contribution is -2.26. The first kappa shape index (κ1) is 9.77. The van der Waals surface area contributed by atoms with E-state index in [1.807, 2.05) is 6.08 Å². The summed E-state index contributed by atoms with van der Waals surface area (Å²) in [6.45, 7) is 0. The number of hydrogen-bond donors (Lipinski definition) is 2. The van der Waals surface area contributed by atoms with E-state index in [1.54, 1.807) is 0 Å². The van der Waals surface area contributed by atoms with Crippen LogP contribution in [0.1, 0.15) is 6.42 Å². The Morgan fingerprint density at radius 1 is 1.00 bits per heavy atom. The van der Waals surface area contributed by atoms with Crippen molar-refractivity contribution in [3.63, 3.8) is 0 Å². The fraction of sp³-hybridized carbons (Fsp3) is 0.125. The van der Waals surface area contributed by atoms with Crippen LogP contribution in [-0.2, 0) is 0 Å². The predicted molar refractivity (Wildman–Crippen MR) is 73.1 cm³/mol. The molecule has 0 bridgehead atoms. The molecule has 0 aliphatic heterocycles. The second-order valence-corrected chi connectivity index (χ2v) is 5.06. The summed E-state index contributed by atoms with van der Waals surface area (Å²) < 4.78 is 0. The zero-order valence-electron chi connectivity index (χ0n) is 9.98. The number of rotatable bonds is 0. The van der Waals surface area contributed by atoms with Gasteiger partial charge in [-0.25, -0.2) is 0 Å². The minimum absolute atomic E-state index is 0.294. The second-order valence-electron chi connectivity index (χ2n) is 5.06. The molecule has 1 unspecified atom stereocenters. The summed E-state index contributed by atoms with van der Waals surface area (Å²) in [5, 5.41) is 0. The van der Waals surface area contributed by atoms with Gasteiger partial charge >= 0.3 is 0 Å². The Kier molecular flexibility index (Phi) is 1.72. The van der Waals surface area contributed by atoms with Gasteiger partial charge in [-0.3, -0.25) is 0 Å². The molecule has 0 aromatic rings. The summed E-state index contributed by atoms with van der Waals surface area (Å²) in [5.41, 5.74) is 20.4. The zero-order valence-corrected chi connectivity index (χ0v) is 9.98. The number of allylic oxidation sites excluding steroid dienone is 11. The SMILES string of the molecule is NC1=CCC2=C3C1=CC=C1C=CC(N)=C(C=C2)C13. The standard InChI is InChI=1S/C16H14N2/c17-13-8-4-10-2-6-12-14(18)7-3-9-1-5-11(13)16(10)15(9)12/h1-3,5-8,15H,4,17-18H2. The van der Waals surface area contributed by atoms with Crippen molar-refractivity contribution in [2.45, 2.75) is 6.42 Å². The summed E-state index contributed by atoms with van der Waals surface area (Å²) >= 11 is 0. The molecule has 0 radical (unpaired) electrons. The molecule has 1 atom stereocenters. The monoisotopic (exact) mass is 234 g/mol. The minimum Gasteiger partial charge on any atom is -0.398 e.